The van der Waals surface area contributed by atoms with Gasteiger partial charge in [-0.2, -0.15) is 5.06 Å². The molecule has 2 nitrogen and oxygen atoms in total. The number of nitrogens with zero attached hydrogens (tertiary/aromatic N) is 1. The van der Waals surface area contributed by atoms with Crippen LogP contribution in [0.2, 0.25) is 0 Å². The molecule has 0 aliphatic heterocycles. The highest BCUT2D eigenvalue weighted by molar-refractivity contribution is 4.06. The standard InChI is InChI=1S/C4H11NO.C2H6/c1-4-6-5(2)3;1-2/h4H2,1-3H3;1-2H3. The maximum atomic E-state index is 4.88. The van der Waals surface area contributed by atoms with Crippen molar-refractivity contribution >= 4 is 0 Å². The Hall–Kier alpha value is -0.0800. The summed E-state index contributed by atoms with van der Waals surface area (Å²) >= 11 is 0. The van der Waals surface area contributed by atoms with E-state index < -0.39 is 0 Å². The van der Waals surface area contributed by atoms with Crippen molar-refractivity contribution in [2.75, 3.05) is 20.7 Å². The van der Waals surface area contributed by atoms with Crippen LogP contribution in [-0.2, 0) is 4.84 Å². The fraction of sp³-hybridized carbons (Fsp3) is 1.00. The van der Waals surface area contributed by atoms with Gasteiger partial charge >= 0.3 is 0 Å². The first-order valence-electron chi connectivity index (χ1n) is 3.07. The minimum Gasteiger partial charge on any atom is -0.300 e. The Kier molecular flexibility index (Phi) is 13.6. The summed E-state index contributed by atoms with van der Waals surface area (Å²) < 4.78 is 0. The van der Waals surface area contributed by atoms with Gasteiger partial charge in [-0.25, -0.2) is 0 Å². The molecule has 0 unspecified atom stereocenters. The summed E-state index contributed by atoms with van der Waals surface area (Å²) in [5.74, 6) is 0. The summed E-state index contributed by atoms with van der Waals surface area (Å²) in [4.78, 5) is 4.88. The Balaban J connectivity index is 0. The highest BCUT2D eigenvalue weighted by Crippen LogP contribution is 1.72. The third-order valence-corrected chi connectivity index (χ3v) is 0.387. The molecule has 0 amide bonds. The van der Waals surface area contributed by atoms with Crippen molar-refractivity contribution in [2.45, 2.75) is 20.8 Å². The molecule has 0 atom stereocenters. The van der Waals surface area contributed by atoms with Crippen molar-refractivity contribution in [2.24, 2.45) is 0 Å². The van der Waals surface area contributed by atoms with Crippen LogP contribution in [0.4, 0.5) is 0 Å². The second kappa shape index (κ2) is 10.0. The van der Waals surface area contributed by atoms with Gasteiger partial charge in [0, 0.05) is 14.1 Å². The molecule has 0 radical (unpaired) electrons. The average molecular weight is 119 g/mol. The largest absolute Gasteiger partial charge is 0.300 e. The van der Waals surface area contributed by atoms with Gasteiger partial charge < -0.3 is 0 Å². The van der Waals surface area contributed by atoms with Gasteiger partial charge in [0.05, 0.1) is 6.61 Å². The van der Waals surface area contributed by atoms with Crippen molar-refractivity contribution in [3.05, 3.63) is 0 Å². The molecule has 0 saturated heterocycles. The highest BCUT2D eigenvalue weighted by Gasteiger charge is 1.77. The summed E-state index contributed by atoms with van der Waals surface area (Å²) in [6.07, 6.45) is 0. The predicted octanol–water partition coefficient (Wildman–Crippen LogP) is 1.53. The van der Waals surface area contributed by atoms with Crippen LogP contribution in [0, 0.1) is 0 Å². The number of hydrogen-bond donors (Lipinski definition) is 0. The van der Waals surface area contributed by atoms with Crippen LogP contribution in [-0.4, -0.2) is 25.8 Å². The van der Waals surface area contributed by atoms with Gasteiger partial charge in [0.25, 0.3) is 0 Å². The molecule has 0 spiro atoms. The lowest BCUT2D eigenvalue weighted by Gasteiger charge is -2.05. The maximum Gasteiger partial charge on any atom is 0.0656 e. The first-order valence-corrected chi connectivity index (χ1v) is 3.07. The second-order valence-electron chi connectivity index (χ2n) is 1.23. The molecule has 0 saturated carbocycles. The quantitative estimate of drug-likeness (QED) is 0.511. The zero-order chi connectivity index (χ0) is 6.99. The van der Waals surface area contributed by atoms with Crippen LogP contribution in [0.5, 0.6) is 0 Å². The molecular formula is C6H17NO. The maximum absolute atomic E-state index is 4.88. The van der Waals surface area contributed by atoms with Crippen LogP contribution in [0.3, 0.4) is 0 Å². The minimum atomic E-state index is 0.757. The molecule has 8 heavy (non-hydrogen) atoms. The van der Waals surface area contributed by atoms with Gasteiger partial charge in [-0.3, -0.25) is 4.84 Å². The summed E-state index contributed by atoms with van der Waals surface area (Å²) in [6, 6.07) is 0. The van der Waals surface area contributed by atoms with E-state index in [1.54, 1.807) is 5.06 Å². The summed E-state index contributed by atoms with van der Waals surface area (Å²) in [7, 11) is 3.73. The van der Waals surface area contributed by atoms with Gasteiger partial charge in [0.1, 0.15) is 0 Å². The Bertz CT molecular complexity index is 29.7. The molecule has 0 aliphatic rings. The number of hydrogen-bond acceptors (Lipinski definition) is 2. The third kappa shape index (κ3) is 16.8. The van der Waals surface area contributed by atoms with E-state index >= 15 is 0 Å². The SMILES string of the molecule is CC.CCON(C)C. The van der Waals surface area contributed by atoms with E-state index in [-0.39, 0.29) is 0 Å². The molecular weight excluding hydrogens is 102 g/mol. The van der Waals surface area contributed by atoms with E-state index in [0.29, 0.717) is 0 Å². The van der Waals surface area contributed by atoms with E-state index in [1.165, 1.54) is 0 Å². The van der Waals surface area contributed by atoms with Crippen LogP contribution in [0.25, 0.3) is 0 Å². The van der Waals surface area contributed by atoms with E-state index in [0.717, 1.165) is 6.61 Å². The molecule has 2 heteroatoms. The Morgan fingerprint density at radius 2 is 1.62 bits per heavy atom. The lowest BCUT2D eigenvalue weighted by molar-refractivity contribution is -0.113. The van der Waals surface area contributed by atoms with Crippen LogP contribution in [0.15, 0.2) is 0 Å². The normalized spacial score (nSPS) is 8.25. The van der Waals surface area contributed by atoms with E-state index in [1.807, 2.05) is 34.9 Å². The topological polar surface area (TPSA) is 12.5 Å². The van der Waals surface area contributed by atoms with Crippen molar-refractivity contribution < 1.29 is 4.84 Å². The van der Waals surface area contributed by atoms with E-state index in [9.17, 15) is 0 Å². The monoisotopic (exact) mass is 119 g/mol. The number of rotatable bonds is 2. The fourth-order valence-electron chi connectivity index (χ4n) is 0.258. The smallest absolute Gasteiger partial charge is 0.0656 e. The van der Waals surface area contributed by atoms with Gasteiger partial charge in [0.15, 0.2) is 0 Å². The Morgan fingerprint density at radius 3 is 1.62 bits per heavy atom. The van der Waals surface area contributed by atoms with Crippen molar-refractivity contribution in [1.29, 1.82) is 0 Å². The van der Waals surface area contributed by atoms with Crippen molar-refractivity contribution in [3.8, 4) is 0 Å². The average Bonchev–Trinajstić information content (AvgIpc) is 1.72. The molecule has 0 rings (SSSR count). The van der Waals surface area contributed by atoms with Crippen molar-refractivity contribution in [1.82, 2.24) is 5.06 Å². The molecule has 0 bridgehead atoms. The van der Waals surface area contributed by atoms with Crippen molar-refractivity contribution in [3.63, 3.8) is 0 Å². The Morgan fingerprint density at radius 1 is 1.25 bits per heavy atom. The van der Waals surface area contributed by atoms with Gasteiger partial charge in [-0.15, -0.1) is 0 Å². The molecule has 0 fully saturated rings. The van der Waals surface area contributed by atoms with E-state index in [4.69, 9.17) is 4.84 Å². The minimum absolute atomic E-state index is 0.757. The molecule has 0 N–H and O–H groups in total. The van der Waals surface area contributed by atoms with Crippen LogP contribution >= 0.6 is 0 Å². The van der Waals surface area contributed by atoms with Crippen LogP contribution in [0.1, 0.15) is 20.8 Å². The zero-order valence-electron chi connectivity index (χ0n) is 6.56. The van der Waals surface area contributed by atoms with Gasteiger partial charge in [0.2, 0.25) is 0 Å². The molecule has 0 aromatic rings. The molecule has 0 aromatic carbocycles. The number of hydroxylamine groups is 2. The first-order chi connectivity index (χ1) is 3.77. The first kappa shape index (κ1) is 10.8. The van der Waals surface area contributed by atoms with Gasteiger partial charge in [-0.1, -0.05) is 13.8 Å². The third-order valence-electron chi connectivity index (χ3n) is 0.387. The molecule has 52 valence electrons. The predicted molar refractivity (Wildman–Crippen MR) is 36.7 cm³/mol. The molecule has 0 aromatic heterocycles. The van der Waals surface area contributed by atoms with Crippen LogP contribution < -0.4 is 0 Å². The Labute approximate surface area is 52.4 Å². The molecule has 0 aliphatic carbocycles. The fourth-order valence-corrected chi connectivity index (χ4v) is 0.258. The lowest BCUT2D eigenvalue weighted by atomic mass is 10.9. The lowest BCUT2D eigenvalue weighted by Crippen LogP contribution is -2.11. The summed E-state index contributed by atoms with van der Waals surface area (Å²) in [5.41, 5.74) is 0. The molecule has 0 heterocycles. The summed E-state index contributed by atoms with van der Waals surface area (Å²) in [5, 5.41) is 1.68. The second-order valence-corrected chi connectivity index (χ2v) is 1.23. The summed E-state index contributed by atoms with van der Waals surface area (Å²) in [6.45, 7) is 6.72. The van der Waals surface area contributed by atoms with E-state index in [2.05, 4.69) is 0 Å². The highest BCUT2D eigenvalue weighted by atomic mass is 16.7. The zero-order valence-corrected chi connectivity index (χ0v) is 6.56. The van der Waals surface area contributed by atoms with Gasteiger partial charge in [-0.05, 0) is 6.92 Å².